The van der Waals surface area contributed by atoms with Gasteiger partial charge in [-0.1, -0.05) is 30.3 Å². The van der Waals surface area contributed by atoms with Crippen LogP contribution in [-0.4, -0.2) is 25.7 Å². The summed E-state index contributed by atoms with van der Waals surface area (Å²) >= 11 is 5.94. The first-order chi connectivity index (χ1) is 7.34. The van der Waals surface area contributed by atoms with Gasteiger partial charge in [-0.25, -0.2) is 8.42 Å². The number of hydrogen-bond acceptors (Lipinski definition) is 3. The number of Topliss-reactive ketones (excluding diaryl/α,β-unsaturated/α-hetero) is 1. The molecular formula is C11H13ClO3S. The van der Waals surface area contributed by atoms with Crippen LogP contribution in [0.25, 0.3) is 0 Å². The Labute approximate surface area is 100 Å². The van der Waals surface area contributed by atoms with E-state index in [1.807, 2.05) is 0 Å². The minimum atomic E-state index is -3.39. The second kappa shape index (κ2) is 4.97. The molecule has 2 atom stereocenters. The van der Waals surface area contributed by atoms with Gasteiger partial charge in [-0.15, -0.1) is 11.6 Å². The topological polar surface area (TPSA) is 51.2 Å². The van der Waals surface area contributed by atoms with E-state index in [2.05, 4.69) is 0 Å². The standard InChI is InChI=1S/C11H13ClO3S/c1-8(16(2,14)15)11(13)10(12)9-6-4-3-5-7-9/h3-8,10H,1-2H3. The number of alkyl halides is 1. The average Bonchev–Trinajstić information content (AvgIpc) is 2.26. The second-order valence-electron chi connectivity index (χ2n) is 3.65. The Morgan fingerprint density at radius 2 is 1.75 bits per heavy atom. The lowest BCUT2D eigenvalue weighted by Gasteiger charge is -2.13. The van der Waals surface area contributed by atoms with Gasteiger partial charge >= 0.3 is 0 Å². The minimum absolute atomic E-state index is 0.490. The molecule has 1 aromatic rings. The molecule has 0 aliphatic heterocycles. The lowest BCUT2D eigenvalue weighted by Crippen LogP contribution is -2.29. The maximum absolute atomic E-state index is 11.8. The third-order valence-electron chi connectivity index (χ3n) is 2.38. The summed E-state index contributed by atoms with van der Waals surface area (Å²) in [4.78, 5) is 11.8. The average molecular weight is 261 g/mol. The molecule has 0 bridgehead atoms. The van der Waals surface area contributed by atoms with Crippen LogP contribution in [0.5, 0.6) is 0 Å². The van der Waals surface area contributed by atoms with Crippen LogP contribution in [0, 0.1) is 0 Å². The summed E-state index contributed by atoms with van der Waals surface area (Å²) in [6.07, 6.45) is 1.03. The van der Waals surface area contributed by atoms with Crippen LogP contribution in [0.15, 0.2) is 30.3 Å². The Morgan fingerprint density at radius 1 is 1.25 bits per heavy atom. The third-order valence-corrected chi connectivity index (χ3v) is 4.37. The van der Waals surface area contributed by atoms with Crippen molar-refractivity contribution in [2.75, 3.05) is 6.26 Å². The molecule has 0 saturated heterocycles. The molecule has 3 nitrogen and oxygen atoms in total. The van der Waals surface area contributed by atoms with E-state index in [9.17, 15) is 13.2 Å². The molecule has 0 fully saturated rings. The lowest BCUT2D eigenvalue weighted by molar-refractivity contribution is -0.118. The maximum Gasteiger partial charge on any atom is 0.172 e. The first kappa shape index (κ1) is 13.2. The number of rotatable bonds is 4. The van der Waals surface area contributed by atoms with E-state index in [1.54, 1.807) is 30.3 Å². The SMILES string of the molecule is CC(C(=O)C(Cl)c1ccccc1)S(C)(=O)=O. The Morgan fingerprint density at radius 3 is 2.19 bits per heavy atom. The highest BCUT2D eigenvalue weighted by molar-refractivity contribution is 7.92. The molecule has 0 spiro atoms. The Hall–Kier alpha value is -0.870. The van der Waals surface area contributed by atoms with Crippen LogP contribution >= 0.6 is 11.6 Å². The van der Waals surface area contributed by atoms with Crippen LogP contribution in [0.4, 0.5) is 0 Å². The van der Waals surface area contributed by atoms with E-state index >= 15 is 0 Å². The highest BCUT2D eigenvalue weighted by Crippen LogP contribution is 2.24. The zero-order valence-electron chi connectivity index (χ0n) is 9.05. The Bertz CT molecular complexity index is 467. The van der Waals surface area contributed by atoms with Crippen molar-refractivity contribution in [1.82, 2.24) is 0 Å². The highest BCUT2D eigenvalue weighted by atomic mass is 35.5. The van der Waals surface area contributed by atoms with Gasteiger partial charge in [0.05, 0.1) is 0 Å². The molecule has 0 aliphatic carbocycles. The summed E-state index contributed by atoms with van der Waals surface area (Å²) in [6.45, 7) is 1.36. The van der Waals surface area contributed by atoms with E-state index in [1.165, 1.54) is 6.92 Å². The van der Waals surface area contributed by atoms with E-state index in [-0.39, 0.29) is 0 Å². The maximum atomic E-state index is 11.8. The third kappa shape index (κ3) is 3.06. The van der Waals surface area contributed by atoms with Crippen molar-refractivity contribution < 1.29 is 13.2 Å². The van der Waals surface area contributed by atoms with Gasteiger partial charge in [-0.05, 0) is 12.5 Å². The van der Waals surface area contributed by atoms with E-state index in [0.717, 1.165) is 6.26 Å². The molecule has 0 aliphatic rings. The van der Waals surface area contributed by atoms with Crippen LogP contribution in [0.1, 0.15) is 17.9 Å². The number of halogens is 1. The molecule has 0 amide bonds. The monoisotopic (exact) mass is 260 g/mol. The molecular weight excluding hydrogens is 248 g/mol. The van der Waals surface area contributed by atoms with Crippen molar-refractivity contribution in [3.63, 3.8) is 0 Å². The largest absolute Gasteiger partial charge is 0.296 e. The predicted octanol–water partition coefficient (Wildman–Crippen LogP) is 1.97. The minimum Gasteiger partial charge on any atom is -0.296 e. The van der Waals surface area contributed by atoms with Crippen LogP contribution in [-0.2, 0) is 14.6 Å². The predicted molar refractivity (Wildman–Crippen MR) is 64.3 cm³/mol. The van der Waals surface area contributed by atoms with E-state index in [0.29, 0.717) is 5.56 Å². The zero-order valence-corrected chi connectivity index (χ0v) is 10.6. The fourth-order valence-corrected chi connectivity index (χ4v) is 2.17. The molecule has 5 heteroatoms. The van der Waals surface area contributed by atoms with Crippen molar-refractivity contribution in [2.45, 2.75) is 17.6 Å². The van der Waals surface area contributed by atoms with E-state index < -0.39 is 26.2 Å². The number of sulfone groups is 1. The number of carbonyl (C=O) groups excluding carboxylic acids is 1. The van der Waals surface area contributed by atoms with Gasteiger partial charge in [0.1, 0.15) is 10.6 Å². The molecule has 16 heavy (non-hydrogen) atoms. The molecule has 1 rings (SSSR count). The number of ketones is 1. The summed E-state index contributed by atoms with van der Waals surface area (Å²) in [7, 11) is -3.39. The summed E-state index contributed by atoms with van der Waals surface area (Å²) < 4.78 is 22.5. The zero-order chi connectivity index (χ0) is 12.3. The molecule has 0 radical (unpaired) electrons. The first-order valence-corrected chi connectivity index (χ1v) is 7.14. The van der Waals surface area contributed by atoms with Crippen molar-refractivity contribution >= 4 is 27.2 Å². The lowest BCUT2D eigenvalue weighted by atomic mass is 10.1. The van der Waals surface area contributed by atoms with Crippen LogP contribution in [0.2, 0.25) is 0 Å². The van der Waals surface area contributed by atoms with Crippen LogP contribution in [0.3, 0.4) is 0 Å². The molecule has 0 N–H and O–H groups in total. The summed E-state index contributed by atoms with van der Waals surface area (Å²) in [5.74, 6) is -0.490. The van der Waals surface area contributed by atoms with Gasteiger partial charge in [0.25, 0.3) is 0 Å². The summed E-state index contributed by atoms with van der Waals surface area (Å²) in [5, 5.41) is -1.99. The quantitative estimate of drug-likeness (QED) is 0.778. The van der Waals surface area contributed by atoms with Crippen molar-refractivity contribution in [1.29, 1.82) is 0 Å². The Kier molecular flexibility index (Phi) is 4.10. The van der Waals surface area contributed by atoms with Gasteiger partial charge in [-0.2, -0.15) is 0 Å². The van der Waals surface area contributed by atoms with Crippen molar-refractivity contribution in [2.24, 2.45) is 0 Å². The van der Waals surface area contributed by atoms with Crippen molar-refractivity contribution in [3.8, 4) is 0 Å². The Balaban J connectivity index is 2.92. The fourth-order valence-electron chi connectivity index (χ4n) is 1.20. The molecule has 1 aromatic carbocycles. The molecule has 0 saturated carbocycles. The first-order valence-electron chi connectivity index (χ1n) is 4.75. The normalized spacial score (nSPS) is 15.4. The molecule has 0 aromatic heterocycles. The highest BCUT2D eigenvalue weighted by Gasteiger charge is 2.29. The number of carbonyl (C=O) groups is 1. The summed E-state index contributed by atoms with van der Waals surface area (Å²) in [5.41, 5.74) is 0.615. The summed E-state index contributed by atoms with van der Waals surface area (Å²) in [6, 6.07) is 8.71. The fraction of sp³-hybridized carbons (Fsp3) is 0.364. The van der Waals surface area contributed by atoms with Gasteiger partial charge in [-0.3, -0.25) is 4.79 Å². The molecule has 2 unspecified atom stereocenters. The van der Waals surface area contributed by atoms with Gasteiger partial charge in [0.2, 0.25) is 0 Å². The number of benzene rings is 1. The molecule has 0 heterocycles. The second-order valence-corrected chi connectivity index (χ2v) is 6.45. The van der Waals surface area contributed by atoms with Crippen LogP contribution < -0.4 is 0 Å². The molecule has 88 valence electrons. The van der Waals surface area contributed by atoms with Gasteiger partial charge in [0, 0.05) is 6.26 Å². The smallest absolute Gasteiger partial charge is 0.172 e. The number of hydrogen-bond donors (Lipinski definition) is 0. The van der Waals surface area contributed by atoms with E-state index in [4.69, 9.17) is 11.6 Å². The van der Waals surface area contributed by atoms with Crippen molar-refractivity contribution in [3.05, 3.63) is 35.9 Å². The van der Waals surface area contributed by atoms with Gasteiger partial charge in [0.15, 0.2) is 15.6 Å². The van der Waals surface area contributed by atoms with Gasteiger partial charge < -0.3 is 0 Å².